The van der Waals surface area contributed by atoms with E-state index < -0.39 is 0 Å². The summed E-state index contributed by atoms with van der Waals surface area (Å²) in [6.45, 7) is 4.79. The van der Waals surface area contributed by atoms with E-state index in [4.69, 9.17) is 5.73 Å². The molecule has 0 bridgehead atoms. The first-order chi connectivity index (χ1) is 8.63. The van der Waals surface area contributed by atoms with Gasteiger partial charge in [-0.05, 0) is 36.9 Å². The van der Waals surface area contributed by atoms with Gasteiger partial charge in [0, 0.05) is 11.6 Å². The summed E-state index contributed by atoms with van der Waals surface area (Å²) in [5.74, 6) is 0.566. The zero-order valence-corrected chi connectivity index (χ0v) is 11.3. The van der Waals surface area contributed by atoms with Crippen LogP contribution in [0.3, 0.4) is 0 Å². The van der Waals surface area contributed by atoms with Crippen LogP contribution in [-0.4, -0.2) is 23.8 Å². The highest BCUT2D eigenvalue weighted by Crippen LogP contribution is 2.28. The van der Waals surface area contributed by atoms with E-state index in [2.05, 4.69) is 37.4 Å². The Hall–Kier alpha value is -1.06. The first-order valence-electron chi connectivity index (χ1n) is 6.86. The van der Waals surface area contributed by atoms with Crippen molar-refractivity contribution in [2.75, 3.05) is 11.9 Å². The number of aryl methyl sites for hydroxylation is 1. The van der Waals surface area contributed by atoms with Crippen LogP contribution >= 0.6 is 0 Å². The summed E-state index contributed by atoms with van der Waals surface area (Å²) < 4.78 is 0. The van der Waals surface area contributed by atoms with Crippen molar-refractivity contribution in [1.82, 2.24) is 0 Å². The molecule has 0 amide bonds. The monoisotopic (exact) mass is 248 g/mol. The minimum atomic E-state index is -0.372. The molecule has 0 radical (unpaired) electrons. The summed E-state index contributed by atoms with van der Waals surface area (Å²) in [7, 11) is 0. The molecular formula is C15H24N2O. The standard InChI is InChI=1S/C15H24N2O/c1-10(2)12(9-16)15(18)14-8-7-11-5-3-4-6-13(11)17-14/h3-6,10,12,14-15,17-18H,7-9,16H2,1-2H3. The van der Waals surface area contributed by atoms with Crippen molar-refractivity contribution in [2.45, 2.75) is 38.8 Å². The lowest BCUT2D eigenvalue weighted by Crippen LogP contribution is -2.45. The summed E-state index contributed by atoms with van der Waals surface area (Å²) in [4.78, 5) is 0. The van der Waals surface area contributed by atoms with E-state index >= 15 is 0 Å². The molecule has 3 unspecified atom stereocenters. The third kappa shape index (κ3) is 2.68. The van der Waals surface area contributed by atoms with E-state index in [1.54, 1.807) is 0 Å². The average molecular weight is 248 g/mol. The molecule has 0 spiro atoms. The van der Waals surface area contributed by atoms with E-state index in [9.17, 15) is 5.11 Å². The largest absolute Gasteiger partial charge is 0.391 e. The minimum absolute atomic E-state index is 0.121. The molecule has 0 aromatic heterocycles. The molecular weight excluding hydrogens is 224 g/mol. The van der Waals surface area contributed by atoms with Gasteiger partial charge in [0.05, 0.1) is 12.1 Å². The number of nitrogens with two attached hydrogens (primary N) is 1. The molecule has 100 valence electrons. The zero-order valence-electron chi connectivity index (χ0n) is 11.3. The zero-order chi connectivity index (χ0) is 13.1. The minimum Gasteiger partial charge on any atom is -0.391 e. The van der Waals surface area contributed by atoms with Crippen LogP contribution in [0.1, 0.15) is 25.8 Å². The highest BCUT2D eigenvalue weighted by molar-refractivity contribution is 5.53. The molecule has 18 heavy (non-hydrogen) atoms. The Morgan fingerprint density at radius 2 is 2.11 bits per heavy atom. The third-order valence-corrected chi connectivity index (χ3v) is 4.06. The van der Waals surface area contributed by atoms with Gasteiger partial charge in [-0.3, -0.25) is 0 Å². The second-order valence-corrected chi connectivity index (χ2v) is 5.58. The summed E-state index contributed by atoms with van der Waals surface area (Å²) in [6, 6.07) is 8.45. The smallest absolute Gasteiger partial charge is 0.0783 e. The van der Waals surface area contributed by atoms with Crippen LogP contribution in [-0.2, 0) is 6.42 Å². The molecule has 3 heteroatoms. The first kappa shape index (κ1) is 13.4. The van der Waals surface area contributed by atoms with Gasteiger partial charge in [0.25, 0.3) is 0 Å². The second-order valence-electron chi connectivity index (χ2n) is 5.58. The fourth-order valence-electron chi connectivity index (χ4n) is 2.82. The van der Waals surface area contributed by atoms with Crippen molar-refractivity contribution in [3.63, 3.8) is 0 Å². The maximum Gasteiger partial charge on any atom is 0.0783 e. The van der Waals surface area contributed by atoms with Crippen molar-refractivity contribution in [1.29, 1.82) is 0 Å². The predicted octanol–water partition coefficient (Wildman–Crippen LogP) is 2.01. The summed E-state index contributed by atoms with van der Waals surface area (Å²) in [6.07, 6.45) is 1.63. The van der Waals surface area contributed by atoms with Gasteiger partial charge in [-0.25, -0.2) is 0 Å². The molecule has 1 aromatic rings. The number of aliphatic hydroxyl groups excluding tert-OH is 1. The van der Waals surface area contributed by atoms with Gasteiger partial charge in [-0.15, -0.1) is 0 Å². The molecule has 0 saturated carbocycles. The Morgan fingerprint density at radius 3 is 2.78 bits per heavy atom. The van der Waals surface area contributed by atoms with Crippen LogP contribution in [0.5, 0.6) is 0 Å². The number of hydrogen-bond donors (Lipinski definition) is 3. The van der Waals surface area contributed by atoms with Gasteiger partial charge in [0.1, 0.15) is 0 Å². The lowest BCUT2D eigenvalue weighted by Gasteiger charge is -2.35. The molecule has 1 aliphatic rings. The van der Waals surface area contributed by atoms with Crippen molar-refractivity contribution in [3.8, 4) is 0 Å². The number of fused-ring (bicyclic) bond motifs is 1. The van der Waals surface area contributed by atoms with Crippen LogP contribution < -0.4 is 11.1 Å². The Balaban J connectivity index is 2.08. The number of rotatable bonds is 4. The molecule has 0 fully saturated rings. The summed E-state index contributed by atoms with van der Waals surface area (Å²) in [5.41, 5.74) is 8.29. The molecule has 3 atom stereocenters. The van der Waals surface area contributed by atoms with E-state index in [1.807, 2.05) is 6.07 Å². The van der Waals surface area contributed by atoms with E-state index in [0.717, 1.165) is 18.5 Å². The molecule has 3 nitrogen and oxygen atoms in total. The van der Waals surface area contributed by atoms with Crippen molar-refractivity contribution < 1.29 is 5.11 Å². The molecule has 4 N–H and O–H groups in total. The quantitative estimate of drug-likeness (QED) is 0.764. The average Bonchev–Trinajstić information content (AvgIpc) is 2.38. The topological polar surface area (TPSA) is 58.3 Å². The Bertz CT molecular complexity index is 392. The molecule has 0 saturated heterocycles. The molecule has 1 aliphatic heterocycles. The molecule has 1 aromatic carbocycles. The number of nitrogens with one attached hydrogen (secondary N) is 1. The molecule has 0 aliphatic carbocycles. The first-order valence-corrected chi connectivity index (χ1v) is 6.86. The Labute approximate surface area is 109 Å². The second kappa shape index (κ2) is 5.72. The highest BCUT2D eigenvalue weighted by atomic mass is 16.3. The number of anilines is 1. The van der Waals surface area contributed by atoms with Gasteiger partial charge in [0.2, 0.25) is 0 Å². The van der Waals surface area contributed by atoms with Crippen LogP contribution in [0, 0.1) is 11.8 Å². The fraction of sp³-hybridized carbons (Fsp3) is 0.600. The molecule has 1 heterocycles. The Kier molecular flexibility index (Phi) is 4.25. The van der Waals surface area contributed by atoms with E-state index in [-0.39, 0.29) is 18.1 Å². The summed E-state index contributed by atoms with van der Waals surface area (Å²) in [5, 5.41) is 13.9. The van der Waals surface area contributed by atoms with E-state index in [1.165, 1.54) is 5.56 Å². The maximum atomic E-state index is 10.5. The van der Waals surface area contributed by atoms with Crippen molar-refractivity contribution in [3.05, 3.63) is 29.8 Å². The number of aliphatic hydroxyl groups is 1. The van der Waals surface area contributed by atoms with Crippen LogP contribution in [0.25, 0.3) is 0 Å². The number of hydrogen-bond acceptors (Lipinski definition) is 3. The fourth-order valence-corrected chi connectivity index (χ4v) is 2.82. The molecule has 2 rings (SSSR count). The third-order valence-electron chi connectivity index (χ3n) is 4.06. The van der Waals surface area contributed by atoms with Gasteiger partial charge in [-0.1, -0.05) is 32.0 Å². The number of para-hydroxylation sites is 1. The van der Waals surface area contributed by atoms with Crippen LogP contribution in [0.15, 0.2) is 24.3 Å². The van der Waals surface area contributed by atoms with Gasteiger partial charge >= 0.3 is 0 Å². The van der Waals surface area contributed by atoms with Crippen LogP contribution in [0.4, 0.5) is 5.69 Å². The lowest BCUT2D eigenvalue weighted by molar-refractivity contribution is 0.0654. The van der Waals surface area contributed by atoms with Crippen molar-refractivity contribution in [2.24, 2.45) is 17.6 Å². The Morgan fingerprint density at radius 1 is 1.39 bits per heavy atom. The van der Waals surface area contributed by atoms with E-state index in [0.29, 0.717) is 12.5 Å². The van der Waals surface area contributed by atoms with Gasteiger partial charge in [-0.2, -0.15) is 0 Å². The van der Waals surface area contributed by atoms with Gasteiger partial charge < -0.3 is 16.2 Å². The maximum absolute atomic E-state index is 10.5. The van der Waals surface area contributed by atoms with Gasteiger partial charge in [0.15, 0.2) is 0 Å². The SMILES string of the molecule is CC(C)C(CN)C(O)C1CCc2ccccc2N1. The highest BCUT2D eigenvalue weighted by Gasteiger charge is 2.31. The number of benzene rings is 1. The predicted molar refractivity (Wildman–Crippen MR) is 75.6 cm³/mol. The normalized spacial score (nSPS) is 22.2. The lowest BCUT2D eigenvalue weighted by atomic mass is 9.83. The van der Waals surface area contributed by atoms with Crippen molar-refractivity contribution >= 4 is 5.69 Å². The van der Waals surface area contributed by atoms with Crippen LogP contribution in [0.2, 0.25) is 0 Å². The summed E-state index contributed by atoms with van der Waals surface area (Å²) >= 11 is 0.